The number of carbonyl (C=O) groups is 2. The lowest BCUT2D eigenvalue weighted by Crippen LogP contribution is -2.44. The van der Waals surface area contributed by atoms with Gasteiger partial charge in [0, 0.05) is 6.42 Å². The zero-order valence-electron chi connectivity index (χ0n) is 15.3. The molecular weight excluding hydrogens is 322 g/mol. The second kappa shape index (κ2) is 8.43. The number of hydrogen-bond acceptors (Lipinski definition) is 4. The molecule has 136 valence electrons. The van der Waals surface area contributed by atoms with E-state index in [1.807, 2.05) is 13.8 Å². The van der Waals surface area contributed by atoms with Gasteiger partial charge in [0.2, 0.25) is 0 Å². The molecule has 0 aliphatic heterocycles. The highest BCUT2D eigenvalue weighted by Gasteiger charge is 2.25. The number of alkyl carbamates (subject to hydrolysis) is 1. The zero-order valence-corrected chi connectivity index (χ0v) is 15.3. The predicted molar refractivity (Wildman–Crippen MR) is 94.7 cm³/mol. The van der Waals surface area contributed by atoms with E-state index in [2.05, 4.69) is 11.2 Å². The summed E-state index contributed by atoms with van der Waals surface area (Å²) in [5.41, 5.74) is 1.86. The minimum absolute atomic E-state index is 0.141. The molecule has 0 aromatic heterocycles. The van der Waals surface area contributed by atoms with Crippen LogP contribution in [0.15, 0.2) is 12.1 Å². The van der Waals surface area contributed by atoms with Gasteiger partial charge >= 0.3 is 12.1 Å². The number of terminal acetylenes is 1. The molecule has 0 unspecified atom stereocenters. The SMILES string of the molecule is C#CCOc1cc(C)c(C[C@H](NC(=O)OC(C)(C)C)C(=O)O)c(C)c1. The number of carboxylic acid groups (broad SMARTS) is 1. The largest absolute Gasteiger partial charge is 0.481 e. The van der Waals surface area contributed by atoms with Crippen molar-refractivity contribution in [2.45, 2.75) is 52.7 Å². The van der Waals surface area contributed by atoms with Gasteiger partial charge < -0.3 is 19.9 Å². The van der Waals surface area contributed by atoms with E-state index in [0.29, 0.717) is 5.75 Å². The summed E-state index contributed by atoms with van der Waals surface area (Å²) < 4.78 is 10.5. The Morgan fingerprint density at radius 3 is 2.28 bits per heavy atom. The van der Waals surface area contributed by atoms with E-state index >= 15 is 0 Å². The molecule has 0 aliphatic carbocycles. The number of rotatable bonds is 6. The molecule has 0 aliphatic rings. The molecule has 0 bridgehead atoms. The summed E-state index contributed by atoms with van der Waals surface area (Å²) in [6.07, 6.45) is 4.56. The lowest BCUT2D eigenvalue weighted by atomic mass is 9.96. The van der Waals surface area contributed by atoms with Crippen molar-refractivity contribution < 1.29 is 24.2 Å². The first kappa shape index (κ1) is 20.4. The second-order valence-corrected chi connectivity index (χ2v) is 6.77. The molecule has 0 radical (unpaired) electrons. The Bertz CT molecular complexity index is 659. The lowest BCUT2D eigenvalue weighted by Gasteiger charge is -2.23. The molecule has 0 fully saturated rings. The van der Waals surface area contributed by atoms with E-state index in [9.17, 15) is 14.7 Å². The maximum atomic E-state index is 11.9. The van der Waals surface area contributed by atoms with Gasteiger partial charge in [-0.3, -0.25) is 0 Å². The number of carbonyl (C=O) groups excluding carboxylic acids is 1. The minimum Gasteiger partial charge on any atom is -0.481 e. The smallest absolute Gasteiger partial charge is 0.408 e. The Kier molecular flexibility index (Phi) is 6.86. The normalized spacial score (nSPS) is 12.0. The maximum Gasteiger partial charge on any atom is 0.408 e. The predicted octanol–water partition coefficient (Wildman–Crippen LogP) is 2.84. The molecule has 2 N–H and O–H groups in total. The first-order valence-corrected chi connectivity index (χ1v) is 7.92. The van der Waals surface area contributed by atoms with Gasteiger partial charge in [-0.15, -0.1) is 6.42 Å². The Hall–Kier alpha value is -2.68. The van der Waals surface area contributed by atoms with Crippen molar-refractivity contribution in [2.75, 3.05) is 6.61 Å². The summed E-state index contributed by atoms with van der Waals surface area (Å²) in [4.78, 5) is 23.4. The third kappa shape index (κ3) is 6.76. The van der Waals surface area contributed by atoms with Gasteiger partial charge in [-0.2, -0.15) is 0 Å². The molecule has 6 heteroatoms. The molecule has 0 saturated carbocycles. The Labute approximate surface area is 148 Å². The van der Waals surface area contributed by atoms with Crippen LogP contribution in [0.25, 0.3) is 0 Å². The van der Waals surface area contributed by atoms with Crippen LogP contribution in [0.5, 0.6) is 5.75 Å². The molecule has 6 nitrogen and oxygen atoms in total. The fourth-order valence-electron chi connectivity index (χ4n) is 2.34. The monoisotopic (exact) mass is 347 g/mol. The molecule has 0 saturated heterocycles. The highest BCUT2D eigenvalue weighted by molar-refractivity contribution is 5.80. The summed E-state index contributed by atoms with van der Waals surface area (Å²) in [6, 6.07) is 2.50. The summed E-state index contributed by atoms with van der Waals surface area (Å²) in [7, 11) is 0. The number of hydrogen-bond donors (Lipinski definition) is 2. The van der Waals surface area contributed by atoms with Gasteiger partial charge in [0.1, 0.15) is 24.0 Å². The van der Waals surface area contributed by atoms with Crippen LogP contribution < -0.4 is 10.1 Å². The number of aliphatic carboxylic acids is 1. The fraction of sp³-hybridized carbons (Fsp3) is 0.474. The second-order valence-electron chi connectivity index (χ2n) is 6.77. The van der Waals surface area contributed by atoms with E-state index in [1.54, 1.807) is 32.9 Å². The van der Waals surface area contributed by atoms with Crippen molar-refractivity contribution >= 4 is 12.1 Å². The summed E-state index contributed by atoms with van der Waals surface area (Å²) in [6.45, 7) is 9.02. The molecular formula is C19H25NO5. The number of nitrogens with one attached hydrogen (secondary N) is 1. The molecule has 25 heavy (non-hydrogen) atoms. The average molecular weight is 347 g/mol. The molecule has 1 rings (SSSR count). The Balaban J connectivity index is 2.94. The fourth-order valence-corrected chi connectivity index (χ4v) is 2.34. The average Bonchev–Trinajstić information content (AvgIpc) is 2.45. The molecule has 1 amide bonds. The van der Waals surface area contributed by atoms with Gasteiger partial charge in [0.15, 0.2) is 0 Å². The van der Waals surface area contributed by atoms with Crippen LogP contribution in [-0.4, -0.2) is 35.4 Å². The standard InChI is InChI=1S/C19H25NO5/c1-7-8-24-14-9-12(2)15(13(3)10-14)11-16(17(21)22)20-18(23)25-19(4,5)6/h1,9-10,16H,8,11H2,2-6H3,(H,20,23)(H,21,22)/t16-/m0/s1. The van der Waals surface area contributed by atoms with Crippen molar-refractivity contribution in [3.63, 3.8) is 0 Å². The van der Waals surface area contributed by atoms with E-state index in [-0.39, 0.29) is 13.0 Å². The Morgan fingerprint density at radius 1 is 1.28 bits per heavy atom. The number of ether oxygens (including phenoxy) is 2. The third-order valence-electron chi connectivity index (χ3n) is 3.39. The molecule has 0 spiro atoms. The zero-order chi connectivity index (χ0) is 19.2. The van der Waals surface area contributed by atoms with Crippen molar-refractivity contribution in [1.29, 1.82) is 0 Å². The van der Waals surface area contributed by atoms with E-state index in [4.69, 9.17) is 15.9 Å². The van der Waals surface area contributed by atoms with Gasteiger partial charge in [0.25, 0.3) is 0 Å². The van der Waals surface area contributed by atoms with Gasteiger partial charge in [0.05, 0.1) is 0 Å². The van der Waals surface area contributed by atoms with Gasteiger partial charge in [-0.1, -0.05) is 5.92 Å². The summed E-state index contributed by atoms with van der Waals surface area (Å²) >= 11 is 0. The summed E-state index contributed by atoms with van der Waals surface area (Å²) in [5.74, 6) is 1.90. The van der Waals surface area contributed by atoms with Crippen molar-refractivity contribution in [3.8, 4) is 18.1 Å². The first-order chi connectivity index (χ1) is 11.5. The van der Waals surface area contributed by atoms with Gasteiger partial charge in [-0.25, -0.2) is 9.59 Å². The lowest BCUT2D eigenvalue weighted by molar-refractivity contribution is -0.139. The summed E-state index contributed by atoms with van der Waals surface area (Å²) in [5, 5.41) is 11.8. The number of aryl methyl sites for hydroxylation is 2. The maximum absolute atomic E-state index is 11.9. The first-order valence-electron chi connectivity index (χ1n) is 7.92. The molecule has 1 aromatic carbocycles. The van der Waals surface area contributed by atoms with Crippen LogP contribution in [-0.2, 0) is 16.0 Å². The number of benzene rings is 1. The van der Waals surface area contributed by atoms with Crippen LogP contribution in [0.4, 0.5) is 4.79 Å². The highest BCUT2D eigenvalue weighted by atomic mass is 16.6. The van der Waals surface area contributed by atoms with E-state index < -0.39 is 23.7 Å². The number of carboxylic acids is 1. The number of amides is 1. The van der Waals surface area contributed by atoms with Gasteiger partial charge in [-0.05, 0) is 63.4 Å². The Morgan fingerprint density at radius 2 is 1.84 bits per heavy atom. The van der Waals surface area contributed by atoms with Crippen molar-refractivity contribution in [2.24, 2.45) is 0 Å². The van der Waals surface area contributed by atoms with Crippen molar-refractivity contribution in [3.05, 3.63) is 28.8 Å². The third-order valence-corrected chi connectivity index (χ3v) is 3.39. The van der Waals surface area contributed by atoms with Crippen LogP contribution >= 0.6 is 0 Å². The van der Waals surface area contributed by atoms with Crippen LogP contribution in [0.3, 0.4) is 0 Å². The minimum atomic E-state index is -1.13. The molecule has 0 heterocycles. The quantitative estimate of drug-likeness (QED) is 0.773. The van der Waals surface area contributed by atoms with Crippen LogP contribution in [0, 0.1) is 26.2 Å². The van der Waals surface area contributed by atoms with E-state index in [1.165, 1.54) is 0 Å². The van der Waals surface area contributed by atoms with Crippen LogP contribution in [0.2, 0.25) is 0 Å². The van der Waals surface area contributed by atoms with E-state index in [0.717, 1.165) is 16.7 Å². The topological polar surface area (TPSA) is 84.9 Å². The van der Waals surface area contributed by atoms with Crippen molar-refractivity contribution in [1.82, 2.24) is 5.32 Å². The molecule has 1 atom stereocenters. The highest BCUT2D eigenvalue weighted by Crippen LogP contribution is 2.23. The molecule has 1 aromatic rings. The van der Waals surface area contributed by atoms with Crippen LogP contribution in [0.1, 0.15) is 37.5 Å².